The molecule has 0 spiro atoms. The van der Waals surface area contributed by atoms with Crippen LogP contribution < -0.4 is 5.32 Å². The van der Waals surface area contributed by atoms with E-state index >= 15 is 0 Å². The van der Waals surface area contributed by atoms with Crippen molar-refractivity contribution in [3.8, 4) is 0 Å². The zero-order chi connectivity index (χ0) is 12.5. The molecule has 0 aromatic heterocycles. The molecule has 1 aliphatic rings. The highest BCUT2D eigenvalue weighted by molar-refractivity contribution is 9.10. The van der Waals surface area contributed by atoms with Crippen molar-refractivity contribution in [1.29, 1.82) is 0 Å². The normalized spacial score (nSPS) is 16.6. The number of halogens is 1. The molecule has 0 atom stereocenters. The molecule has 0 radical (unpaired) electrons. The minimum Gasteiger partial charge on any atom is -0.325 e. The summed E-state index contributed by atoms with van der Waals surface area (Å²) >= 11 is 7.80. The van der Waals surface area contributed by atoms with Gasteiger partial charge in [0, 0.05) is 10.9 Å². The van der Waals surface area contributed by atoms with Gasteiger partial charge in [-0.3, -0.25) is 4.79 Å². The Morgan fingerprint density at radius 3 is 2.82 bits per heavy atom. The molecule has 0 bridgehead atoms. The van der Waals surface area contributed by atoms with E-state index in [2.05, 4.69) is 33.9 Å². The summed E-state index contributed by atoms with van der Waals surface area (Å²) in [7, 11) is 0. The zero-order valence-corrected chi connectivity index (χ0v) is 12.3. The number of carbonyl (C=O) groups is 1. The largest absolute Gasteiger partial charge is 0.325 e. The van der Waals surface area contributed by atoms with E-state index < -0.39 is 0 Å². The maximum absolute atomic E-state index is 11.9. The second-order valence-electron chi connectivity index (χ2n) is 4.82. The maximum atomic E-state index is 11.9. The fourth-order valence-electron chi connectivity index (χ4n) is 1.85. The van der Waals surface area contributed by atoms with E-state index in [4.69, 9.17) is 0 Å². The quantitative estimate of drug-likeness (QED) is 0.813. The number of rotatable bonds is 4. The minimum atomic E-state index is 0.0860. The van der Waals surface area contributed by atoms with Crippen LogP contribution in [0.5, 0.6) is 0 Å². The Labute approximate surface area is 116 Å². The summed E-state index contributed by atoms with van der Waals surface area (Å²) in [6, 6.07) is 5.87. The van der Waals surface area contributed by atoms with Crippen molar-refractivity contribution in [3.05, 3.63) is 28.2 Å². The summed E-state index contributed by atoms with van der Waals surface area (Å²) in [5.41, 5.74) is 2.15. The second kappa shape index (κ2) is 5.02. The van der Waals surface area contributed by atoms with Crippen LogP contribution in [0.4, 0.5) is 5.69 Å². The molecule has 1 N–H and O–H groups in total. The number of hydrogen-bond donors (Lipinski definition) is 2. The van der Waals surface area contributed by atoms with Gasteiger partial charge in [-0.05, 0) is 58.5 Å². The van der Waals surface area contributed by atoms with Crippen molar-refractivity contribution in [3.63, 3.8) is 0 Å². The smallest absolute Gasteiger partial charge is 0.224 e. The highest BCUT2D eigenvalue weighted by atomic mass is 79.9. The molecule has 4 heteroatoms. The fourth-order valence-corrected chi connectivity index (χ4v) is 2.64. The van der Waals surface area contributed by atoms with Crippen molar-refractivity contribution in [2.75, 3.05) is 11.1 Å². The molecule has 1 saturated carbocycles. The number of carbonyl (C=O) groups excluding carboxylic acids is 1. The molecule has 0 heterocycles. The molecular formula is C13H16BrNOS. The van der Waals surface area contributed by atoms with Crippen LogP contribution in [-0.2, 0) is 4.79 Å². The number of nitrogens with one attached hydrogen (secondary N) is 1. The number of hydrogen-bond acceptors (Lipinski definition) is 2. The SMILES string of the molecule is Cc1cccc(NC(=O)CC2(CS)CC2)c1Br. The third-order valence-corrected chi connectivity index (χ3v) is 5.02. The zero-order valence-electron chi connectivity index (χ0n) is 9.79. The maximum Gasteiger partial charge on any atom is 0.224 e. The van der Waals surface area contributed by atoms with Crippen LogP contribution in [0.3, 0.4) is 0 Å². The number of thiol groups is 1. The highest BCUT2D eigenvalue weighted by Gasteiger charge is 2.42. The molecule has 17 heavy (non-hydrogen) atoms. The molecular weight excluding hydrogens is 298 g/mol. The van der Waals surface area contributed by atoms with E-state index in [0.29, 0.717) is 6.42 Å². The standard InChI is InChI=1S/C13H16BrNOS/c1-9-3-2-4-10(12(9)14)15-11(16)7-13(8-17)5-6-13/h2-4,17H,5-8H2,1H3,(H,15,16). The minimum absolute atomic E-state index is 0.0860. The Morgan fingerprint density at radius 2 is 2.24 bits per heavy atom. The van der Waals surface area contributed by atoms with Gasteiger partial charge in [0.25, 0.3) is 0 Å². The average Bonchev–Trinajstić information content (AvgIpc) is 3.05. The number of anilines is 1. The fraction of sp³-hybridized carbons (Fsp3) is 0.462. The third-order valence-electron chi connectivity index (χ3n) is 3.29. The molecule has 1 amide bonds. The summed E-state index contributed by atoms with van der Waals surface area (Å²) < 4.78 is 0.962. The van der Waals surface area contributed by atoms with Crippen molar-refractivity contribution < 1.29 is 4.79 Å². The Balaban J connectivity index is 2.01. The lowest BCUT2D eigenvalue weighted by Crippen LogP contribution is -2.18. The topological polar surface area (TPSA) is 29.1 Å². The molecule has 1 aromatic rings. The van der Waals surface area contributed by atoms with Crippen molar-refractivity contribution >= 4 is 40.2 Å². The van der Waals surface area contributed by atoms with E-state index in [1.54, 1.807) is 0 Å². The van der Waals surface area contributed by atoms with E-state index in [-0.39, 0.29) is 11.3 Å². The lowest BCUT2D eigenvalue weighted by Gasteiger charge is -2.13. The van der Waals surface area contributed by atoms with Gasteiger partial charge in [0.05, 0.1) is 5.69 Å². The van der Waals surface area contributed by atoms with Crippen LogP contribution in [0, 0.1) is 12.3 Å². The molecule has 1 aromatic carbocycles. The summed E-state index contributed by atoms with van der Waals surface area (Å²) in [5.74, 6) is 0.887. The van der Waals surface area contributed by atoms with Crippen LogP contribution >= 0.6 is 28.6 Å². The summed E-state index contributed by atoms with van der Waals surface area (Å²) in [5, 5.41) is 2.96. The first-order chi connectivity index (χ1) is 8.06. The third kappa shape index (κ3) is 3.05. The summed E-state index contributed by atoms with van der Waals surface area (Å²) in [6.45, 7) is 2.01. The van der Waals surface area contributed by atoms with Crippen molar-refractivity contribution in [1.82, 2.24) is 0 Å². The summed E-state index contributed by atoms with van der Waals surface area (Å²) in [4.78, 5) is 11.9. The van der Waals surface area contributed by atoms with Gasteiger partial charge in [0.15, 0.2) is 0 Å². The van der Waals surface area contributed by atoms with Gasteiger partial charge in [-0.15, -0.1) is 0 Å². The number of amides is 1. The monoisotopic (exact) mass is 313 g/mol. The van der Waals surface area contributed by atoms with Crippen LogP contribution in [0.2, 0.25) is 0 Å². The van der Waals surface area contributed by atoms with E-state index in [9.17, 15) is 4.79 Å². The van der Waals surface area contributed by atoms with Gasteiger partial charge in [0.2, 0.25) is 5.91 Å². The Kier molecular flexibility index (Phi) is 3.83. The Morgan fingerprint density at radius 1 is 1.53 bits per heavy atom. The number of benzene rings is 1. The predicted molar refractivity (Wildman–Crippen MR) is 77.6 cm³/mol. The molecule has 0 saturated heterocycles. The Bertz CT molecular complexity index is 443. The highest BCUT2D eigenvalue weighted by Crippen LogP contribution is 2.49. The van der Waals surface area contributed by atoms with E-state index in [1.807, 2.05) is 25.1 Å². The van der Waals surface area contributed by atoms with Crippen LogP contribution in [-0.4, -0.2) is 11.7 Å². The van der Waals surface area contributed by atoms with Gasteiger partial charge in [-0.25, -0.2) is 0 Å². The molecule has 2 nitrogen and oxygen atoms in total. The molecule has 1 fully saturated rings. The van der Waals surface area contributed by atoms with Crippen molar-refractivity contribution in [2.45, 2.75) is 26.2 Å². The van der Waals surface area contributed by atoms with Gasteiger partial charge in [-0.1, -0.05) is 12.1 Å². The molecule has 0 aliphatic heterocycles. The first kappa shape index (κ1) is 13.0. The average molecular weight is 314 g/mol. The predicted octanol–water partition coefficient (Wildman–Crippen LogP) is 3.80. The molecule has 0 unspecified atom stereocenters. The molecule has 2 rings (SSSR count). The van der Waals surface area contributed by atoms with Crippen molar-refractivity contribution in [2.24, 2.45) is 5.41 Å². The van der Waals surface area contributed by atoms with Crippen LogP contribution in [0.25, 0.3) is 0 Å². The molecule has 1 aliphatic carbocycles. The van der Waals surface area contributed by atoms with Gasteiger partial charge < -0.3 is 5.32 Å². The Hall–Kier alpha value is -0.480. The molecule has 92 valence electrons. The number of aryl methyl sites for hydroxylation is 1. The second-order valence-corrected chi connectivity index (χ2v) is 5.93. The first-order valence-electron chi connectivity index (χ1n) is 5.72. The summed E-state index contributed by atoms with van der Waals surface area (Å²) in [6.07, 6.45) is 2.83. The first-order valence-corrected chi connectivity index (χ1v) is 7.15. The lowest BCUT2D eigenvalue weighted by molar-refractivity contribution is -0.117. The van der Waals surface area contributed by atoms with Crippen LogP contribution in [0.15, 0.2) is 22.7 Å². The van der Waals surface area contributed by atoms with E-state index in [0.717, 1.165) is 34.3 Å². The van der Waals surface area contributed by atoms with Gasteiger partial charge >= 0.3 is 0 Å². The lowest BCUT2D eigenvalue weighted by atomic mass is 10.1. The van der Waals surface area contributed by atoms with E-state index in [1.165, 1.54) is 0 Å². The van der Waals surface area contributed by atoms with Gasteiger partial charge in [-0.2, -0.15) is 12.6 Å². The van der Waals surface area contributed by atoms with Crippen LogP contribution in [0.1, 0.15) is 24.8 Å². The van der Waals surface area contributed by atoms with Gasteiger partial charge in [0.1, 0.15) is 0 Å².